The summed E-state index contributed by atoms with van der Waals surface area (Å²) in [7, 11) is 0. The molecule has 2 aromatic rings. The molecule has 5 heteroatoms. The van der Waals surface area contributed by atoms with Crippen LogP contribution in [0, 0.1) is 18.3 Å². The fraction of sp³-hybridized carbons (Fsp3) is 0.438. The van der Waals surface area contributed by atoms with Crippen molar-refractivity contribution in [1.82, 2.24) is 15.2 Å². The summed E-state index contributed by atoms with van der Waals surface area (Å²) in [5.74, 6) is 0.738. The molecule has 21 heavy (non-hydrogen) atoms. The second-order valence-electron chi connectivity index (χ2n) is 5.51. The van der Waals surface area contributed by atoms with E-state index in [0.29, 0.717) is 5.56 Å². The van der Waals surface area contributed by atoms with Gasteiger partial charge < -0.3 is 5.32 Å². The Morgan fingerprint density at radius 2 is 2.33 bits per heavy atom. The summed E-state index contributed by atoms with van der Waals surface area (Å²) in [6.45, 7) is 2.84. The van der Waals surface area contributed by atoms with Gasteiger partial charge in [-0.3, -0.25) is 5.10 Å². The lowest BCUT2D eigenvalue weighted by Crippen LogP contribution is -2.08. The Hall–Kier alpha value is -2.35. The molecule has 5 nitrogen and oxygen atoms in total. The van der Waals surface area contributed by atoms with Crippen LogP contribution < -0.4 is 5.32 Å². The molecule has 0 amide bonds. The first-order valence-electron chi connectivity index (χ1n) is 7.43. The van der Waals surface area contributed by atoms with Crippen LogP contribution in [0.25, 0.3) is 0 Å². The molecule has 108 valence electrons. The molecular weight excluding hydrogens is 262 g/mol. The number of nitriles is 1. The first kappa shape index (κ1) is 13.6. The van der Waals surface area contributed by atoms with Crippen molar-refractivity contribution >= 4 is 5.82 Å². The van der Waals surface area contributed by atoms with Crippen LogP contribution >= 0.6 is 0 Å². The second kappa shape index (κ2) is 5.96. The van der Waals surface area contributed by atoms with Crippen LogP contribution in [0.5, 0.6) is 0 Å². The minimum atomic E-state index is 0.662. The third-order valence-corrected chi connectivity index (χ3v) is 4.02. The number of nitrogens with one attached hydrogen (secondary N) is 2. The van der Waals surface area contributed by atoms with Gasteiger partial charge in [0.1, 0.15) is 11.9 Å². The number of aryl methyl sites for hydroxylation is 4. The smallest absolute Gasteiger partial charge is 0.144 e. The second-order valence-corrected chi connectivity index (χ2v) is 5.51. The molecule has 0 saturated carbocycles. The number of fused-ring (bicyclic) bond motifs is 1. The van der Waals surface area contributed by atoms with Crippen LogP contribution in [-0.2, 0) is 19.3 Å². The van der Waals surface area contributed by atoms with Gasteiger partial charge in [-0.2, -0.15) is 10.4 Å². The molecule has 0 aromatic carbocycles. The number of pyridine rings is 1. The monoisotopic (exact) mass is 281 g/mol. The molecule has 3 rings (SSSR count). The van der Waals surface area contributed by atoms with Crippen molar-refractivity contribution in [2.45, 2.75) is 39.0 Å². The predicted octanol–water partition coefficient (Wildman–Crippen LogP) is 2.52. The Morgan fingerprint density at radius 1 is 1.43 bits per heavy atom. The van der Waals surface area contributed by atoms with E-state index in [1.807, 2.05) is 19.2 Å². The average Bonchev–Trinajstić information content (AvgIpc) is 3.11. The van der Waals surface area contributed by atoms with Crippen LogP contribution in [0.15, 0.2) is 12.3 Å². The van der Waals surface area contributed by atoms with Gasteiger partial charge >= 0.3 is 0 Å². The molecule has 0 atom stereocenters. The van der Waals surface area contributed by atoms with Gasteiger partial charge in [-0.05, 0) is 56.2 Å². The maximum Gasteiger partial charge on any atom is 0.144 e. The lowest BCUT2D eigenvalue weighted by atomic mass is 10.1. The van der Waals surface area contributed by atoms with E-state index in [9.17, 15) is 5.26 Å². The largest absolute Gasteiger partial charge is 0.369 e. The van der Waals surface area contributed by atoms with Crippen molar-refractivity contribution in [3.05, 3.63) is 40.3 Å². The van der Waals surface area contributed by atoms with E-state index in [-0.39, 0.29) is 0 Å². The highest BCUT2D eigenvalue weighted by Gasteiger charge is 2.16. The highest BCUT2D eigenvalue weighted by molar-refractivity contribution is 5.55. The number of aromatic nitrogens is 3. The van der Waals surface area contributed by atoms with E-state index >= 15 is 0 Å². The van der Waals surface area contributed by atoms with Gasteiger partial charge in [-0.25, -0.2) is 4.98 Å². The molecule has 1 aliphatic rings. The van der Waals surface area contributed by atoms with E-state index < -0.39 is 0 Å². The fourth-order valence-electron chi connectivity index (χ4n) is 2.81. The summed E-state index contributed by atoms with van der Waals surface area (Å²) in [4.78, 5) is 4.62. The standard InChI is InChI=1S/C16H19N5/c1-11-13(10-19-21-11)5-3-7-18-16-14(9-17)8-12-4-2-6-15(12)20-16/h8,10H,2-7H2,1H3,(H,18,20)(H,19,21). The van der Waals surface area contributed by atoms with Crippen molar-refractivity contribution in [1.29, 1.82) is 5.26 Å². The quantitative estimate of drug-likeness (QED) is 0.826. The first-order valence-corrected chi connectivity index (χ1v) is 7.43. The van der Waals surface area contributed by atoms with Gasteiger partial charge in [-0.1, -0.05) is 0 Å². The van der Waals surface area contributed by atoms with E-state index in [1.165, 1.54) is 11.1 Å². The van der Waals surface area contributed by atoms with Crippen LogP contribution in [0.1, 0.15) is 40.9 Å². The SMILES string of the molecule is Cc1[nH]ncc1CCCNc1nc2c(cc1C#N)CCC2. The molecular formula is C16H19N5. The van der Waals surface area contributed by atoms with E-state index in [1.54, 1.807) is 0 Å². The van der Waals surface area contributed by atoms with Crippen molar-refractivity contribution in [2.75, 3.05) is 11.9 Å². The van der Waals surface area contributed by atoms with E-state index in [0.717, 1.165) is 55.9 Å². The fourth-order valence-corrected chi connectivity index (χ4v) is 2.81. The summed E-state index contributed by atoms with van der Waals surface area (Å²) in [5, 5.41) is 19.5. The molecule has 0 saturated heterocycles. The van der Waals surface area contributed by atoms with Gasteiger partial charge in [0.15, 0.2) is 0 Å². The minimum absolute atomic E-state index is 0.662. The lowest BCUT2D eigenvalue weighted by molar-refractivity contribution is 0.850. The first-order chi connectivity index (χ1) is 10.3. The molecule has 0 unspecified atom stereocenters. The Kier molecular flexibility index (Phi) is 3.87. The van der Waals surface area contributed by atoms with Gasteiger partial charge in [0.2, 0.25) is 0 Å². The highest BCUT2D eigenvalue weighted by Crippen LogP contribution is 2.24. The summed E-state index contributed by atoms with van der Waals surface area (Å²) in [6, 6.07) is 4.25. The molecule has 2 heterocycles. The summed E-state index contributed by atoms with van der Waals surface area (Å²) >= 11 is 0. The van der Waals surface area contributed by atoms with Crippen molar-refractivity contribution < 1.29 is 0 Å². The zero-order chi connectivity index (χ0) is 14.7. The molecule has 0 radical (unpaired) electrons. The predicted molar refractivity (Wildman–Crippen MR) is 81.1 cm³/mol. The lowest BCUT2D eigenvalue weighted by Gasteiger charge is -2.09. The summed E-state index contributed by atoms with van der Waals surface area (Å²) in [5.41, 5.74) is 5.44. The van der Waals surface area contributed by atoms with Crippen molar-refractivity contribution in [3.63, 3.8) is 0 Å². The molecule has 0 spiro atoms. The molecule has 2 N–H and O–H groups in total. The third kappa shape index (κ3) is 2.89. The highest BCUT2D eigenvalue weighted by atomic mass is 15.1. The average molecular weight is 281 g/mol. The molecule has 1 aliphatic carbocycles. The minimum Gasteiger partial charge on any atom is -0.369 e. The van der Waals surface area contributed by atoms with Crippen LogP contribution in [-0.4, -0.2) is 21.7 Å². The van der Waals surface area contributed by atoms with Crippen LogP contribution in [0.2, 0.25) is 0 Å². The van der Waals surface area contributed by atoms with Crippen LogP contribution in [0.3, 0.4) is 0 Å². The van der Waals surface area contributed by atoms with Gasteiger partial charge in [0.05, 0.1) is 11.8 Å². The molecule has 0 fully saturated rings. The van der Waals surface area contributed by atoms with Crippen molar-refractivity contribution in [2.24, 2.45) is 0 Å². The van der Waals surface area contributed by atoms with E-state index in [2.05, 4.69) is 26.6 Å². The van der Waals surface area contributed by atoms with Crippen molar-refractivity contribution in [3.8, 4) is 6.07 Å². The Balaban J connectivity index is 1.60. The number of H-pyrrole nitrogens is 1. The molecule has 0 aliphatic heterocycles. The maximum atomic E-state index is 9.25. The number of anilines is 1. The molecule has 2 aromatic heterocycles. The van der Waals surface area contributed by atoms with Gasteiger partial charge in [0, 0.05) is 17.9 Å². The Labute approximate surface area is 124 Å². The van der Waals surface area contributed by atoms with Gasteiger partial charge in [0.25, 0.3) is 0 Å². The summed E-state index contributed by atoms with van der Waals surface area (Å²) < 4.78 is 0. The Morgan fingerprint density at radius 3 is 3.10 bits per heavy atom. The van der Waals surface area contributed by atoms with E-state index in [4.69, 9.17) is 0 Å². The van der Waals surface area contributed by atoms with Gasteiger partial charge in [-0.15, -0.1) is 0 Å². The zero-order valence-corrected chi connectivity index (χ0v) is 12.2. The number of hydrogen-bond acceptors (Lipinski definition) is 4. The Bertz CT molecular complexity index is 680. The number of hydrogen-bond donors (Lipinski definition) is 2. The zero-order valence-electron chi connectivity index (χ0n) is 12.2. The number of nitrogens with zero attached hydrogens (tertiary/aromatic N) is 3. The normalized spacial score (nSPS) is 13.0. The molecule has 0 bridgehead atoms. The third-order valence-electron chi connectivity index (χ3n) is 4.02. The maximum absolute atomic E-state index is 9.25. The number of rotatable bonds is 5. The van der Waals surface area contributed by atoms with Crippen LogP contribution in [0.4, 0.5) is 5.82 Å². The topological polar surface area (TPSA) is 77.4 Å². The number of aromatic amines is 1. The summed E-state index contributed by atoms with van der Waals surface area (Å²) in [6.07, 6.45) is 7.08.